The third-order valence-electron chi connectivity index (χ3n) is 2.01. The second-order valence-electron chi connectivity index (χ2n) is 3.45. The second kappa shape index (κ2) is 4.50. The summed E-state index contributed by atoms with van der Waals surface area (Å²) in [6, 6.07) is 6.53. The monoisotopic (exact) mass is 264 g/mol. The summed E-state index contributed by atoms with van der Waals surface area (Å²) in [6.45, 7) is 0. The summed E-state index contributed by atoms with van der Waals surface area (Å²) in [4.78, 5) is 3.83. The summed E-state index contributed by atoms with van der Waals surface area (Å²) in [6.07, 6.45) is 3.78. The minimum Gasteiger partial charge on any atom is -0.464 e. The van der Waals surface area contributed by atoms with Gasteiger partial charge in [0.2, 0.25) is 0 Å². The smallest absolute Gasteiger partial charge is 0.306 e. The van der Waals surface area contributed by atoms with Crippen molar-refractivity contribution in [1.82, 2.24) is 4.98 Å². The van der Waals surface area contributed by atoms with Gasteiger partial charge in [0.15, 0.2) is 11.4 Å². The molecule has 2 rings (SSSR count). The summed E-state index contributed by atoms with van der Waals surface area (Å²) in [5, 5.41) is 8.83. The molecule has 92 valence electrons. The van der Waals surface area contributed by atoms with Crippen molar-refractivity contribution in [2.45, 2.75) is 0 Å². The van der Waals surface area contributed by atoms with Crippen LogP contribution in [0.5, 0.6) is 5.75 Å². The van der Waals surface area contributed by atoms with Crippen LogP contribution >= 0.6 is 0 Å². The van der Waals surface area contributed by atoms with E-state index in [9.17, 15) is 8.42 Å². The summed E-state index contributed by atoms with van der Waals surface area (Å²) < 4.78 is 32.0. The fourth-order valence-electron chi connectivity index (χ4n) is 1.33. The molecule has 0 aromatic carbocycles. The Bertz CT molecular complexity index is 699. The lowest BCUT2D eigenvalue weighted by Crippen LogP contribution is -2.07. The van der Waals surface area contributed by atoms with Crippen LogP contribution in [-0.2, 0) is 10.1 Å². The number of hydrogen-bond acceptors (Lipinski definition) is 6. The van der Waals surface area contributed by atoms with E-state index in [0.29, 0.717) is 11.3 Å². The van der Waals surface area contributed by atoms with E-state index in [0.717, 1.165) is 6.26 Å². The molecule has 0 radical (unpaired) electrons. The van der Waals surface area contributed by atoms with Crippen molar-refractivity contribution in [2.24, 2.45) is 0 Å². The Labute approximate surface area is 104 Å². The van der Waals surface area contributed by atoms with E-state index < -0.39 is 10.1 Å². The molecule has 0 atom stereocenters. The molecule has 0 amide bonds. The van der Waals surface area contributed by atoms with Gasteiger partial charge in [-0.25, -0.2) is 4.98 Å². The molecule has 2 heterocycles. The fourth-order valence-corrected chi connectivity index (χ4v) is 1.79. The Balaban J connectivity index is 2.50. The van der Waals surface area contributed by atoms with Crippen molar-refractivity contribution in [3.8, 4) is 23.1 Å². The van der Waals surface area contributed by atoms with Gasteiger partial charge in [0.05, 0.1) is 12.5 Å². The van der Waals surface area contributed by atoms with Crippen LogP contribution in [0.3, 0.4) is 0 Å². The third kappa shape index (κ3) is 2.67. The molecule has 2 aromatic heterocycles. The molecule has 0 aliphatic rings. The Morgan fingerprint density at radius 2 is 2.28 bits per heavy atom. The standard InChI is InChI=1S/C11H8N2O4S/c1-18(14,15)17-11-5-8(7-13-9(11)6-12)10-3-2-4-16-10/h2-5,7H,1H3. The van der Waals surface area contributed by atoms with E-state index in [1.807, 2.05) is 0 Å². The van der Waals surface area contributed by atoms with Gasteiger partial charge in [-0.2, -0.15) is 13.7 Å². The Hall–Kier alpha value is -2.33. The SMILES string of the molecule is CS(=O)(=O)Oc1cc(-c2ccco2)cnc1C#N. The van der Waals surface area contributed by atoms with Gasteiger partial charge in [0.1, 0.15) is 11.8 Å². The molecule has 0 bridgehead atoms. The Morgan fingerprint density at radius 1 is 1.50 bits per heavy atom. The first kappa shape index (κ1) is 12.1. The van der Waals surface area contributed by atoms with Crippen molar-refractivity contribution in [2.75, 3.05) is 6.26 Å². The number of aromatic nitrogens is 1. The van der Waals surface area contributed by atoms with Crippen LogP contribution < -0.4 is 4.18 Å². The largest absolute Gasteiger partial charge is 0.464 e. The number of pyridine rings is 1. The maximum absolute atomic E-state index is 11.1. The molecule has 0 saturated heterocycles. The molecule has 0 aliphatic heterocycles. The van der Waals surface area contributed by atoms with Gasteiger partial charge in [0.25, 0.3) is 0 Å². The van der Waals surface area contributed by atoms with Gasteiger partial charge in [-0.3, -0.25) is 0 Å². The molecule has 0 unspecified atom stereocenters. The Kier molecular flexibility index (Phi) is 3.04. The zero-order valence-corrected chi connectivity index (χ0v) is 10.1. The van der Waals surface area contributed by atoms with Crippen molar-refractivity contribution in [3.63, 3.8) is 0 Å². The number of rotatable bonds is 3. The van der Waals surface area contributed by atoms with E-state index >= 15 is 0 Å². The molecule has 0 saturated carbocycles. The molecular weight excluding hydrogens is 256 g/mol. The lowest BCUT2D eigenvalue weighted by Gasteiger charge is -2.05. The van der Waals surface area contributed by atoms with Crippen molar-refractivity contribution in [3.05, 3.63) is 36.4 Å². The quantitative estimate of drug-likeness (QED) is 0.781. The maximum atomic E-state index is 11.1. The molecule has 7 heteroatoms. The van der Waals surface area contributed by atoms with Gasteiger partial charge in [-0.1, -0.05) is 0 Å². The van der Waals surface area contributed by atoms with Crippen LogP contribution in [-0.4, -0.2) is 19.7 Å². The summed E-state index contributed by atoms with van der Waals surface area (Å²) >= 11 is 0. The average molecular weight is 264 g/mol. The van der Waals surface area contributed by atoms with Crippen molar-refractivity contribution < 1.29 is 17.0 Å². The molecule has 0 spiro atoms. The molecule has 6 nitrogen and oxygen atoms in total. The molecular formula is C11H8N2O4S. The van der Waals surface area contributed by atoms with E-state index in [1.165, 1.54) is 18.5 Å². The van der Waals surface area contributed by atoms with Crippen LogP contribution in [0.4, 0.5) is 0 Å². The predicted molar refractivity (Wildman–Crippen MR) is 62.1 cm³/mol. The minimum atomic E-state index is -3.72. The number of nitriles is 1. The van der Waals surface area contributed by atoms with Crippen LogP contribution in [0.25, 0.3) is 11.3 Å². The first-order chi connectivity index (χ1) is 8.49. The molecule has 2 aromatic rings. The highest BCUT2D eigenvalue weighted by molar-refractivity contribution is 7.86. The van der Waals surface area contributed by atoms with Crippen LogP contribution in [0.2, 0.25) is 0 Å². The summed E-state index contributed by atoms with van der Waals surface area (Å²) in [5.41, 5.74) is 0.424. The second-order valence-corrected chi connectivity index (χ2v) is 5.02. The van der Waals surface area contributed by atoms with Crippen LogP contribution in [0.1, 0.15) is 5.69 Å². The number of hydrogen-bond donors (Lipinski definition) is 0. The zero-order valence-electron chi connectivity index (χ0n) is 9.32. The number of nitrogens with zero attached hydrogens (tertiary/aromatic N) is 2. The lowest BCUT2D eigenvalue weighted by atomic mass is 10.2. The first-order valence-electron chi connectivity index (χ1n) is 4.83. The van der Waals surface area contributed by atoms with Gasteiger partial charge >= 0.3 is 10.1 Å². The molecule has 0 N–H and O–H groups in total. The van der Waals surface area contributed by atoms with Gasteiger partial charge in [0, 0.05) is 11.8 Å². The van der Waals surface area contributed by atoms with E-state index in [-0.39, 0.29) is 11.4 Å². The Morgan fingerprint density at radius 3 is 2.83 bits per heavy atom. The van der Waals surface area contributed by atoms with Crippen LogP contribution in [0, 0.1) is 11.3 Å². The van der Waals surface area contributed by atoms with E-state index in [2.05, 4.69) is 4.98 Å². The predicted octanol–water partition coefficient (Wildman–Crippen LogP) is 1.55. The maximum Gasteiger partial charge on any atom is 0.306 e. The van der Waals surface area contributed by atoms with E-state index in [1.54, 1.807) is 18.2 Å². The summed E-state index contributed by atoms with van der Waals surface area (Å²) in [7, 11) is -3.72. The molecule has 0 aliphatic carbocycles. The van der Waals surface area contributed by atoms with Crippen LogP contribution in [0.15, 0.2) is 35.1 Å². The zero-order chi connectivity index (χ0) is 13.2. The number of furan rings is 1. The van der Waals surface area contributed by atoms with Crippen molar-refractivity contribution in [1.29, 1.82) is 5.26 Å². The fraction of sp³-hybridized carbons (Fsp3) is 0.0909. The lowest BCUT2D eigenvalue weighted by molar-refractivity contribution is 0.490. The first-order valence-corrected chi connectivity index (χ1v) is 6.65. The normalized spacial score (nSPS) is 10.9. The third-order valence-corrected chi connectivity index (χ3v) is 2.49. The summed E-state index contributed by atoms with van der Waals surface area (Å²) in [5.74, 6) is 0.388. The van der Waals surface area contributed by atoms with E-state index in [4.69, 9.17) is 13.9 Å². The molecule has 0 fully saturated rings. The highest BCUT2D eigenvalue weighted by Gasteiger charge is 2.13. The van der Waals surface area contributed by atoms with Gasteiger partial charge in [-0.15, -0.1) is 0 Å². The highest BCUT2D eigenvalue weighted by Crippen LogP contribution is 2.26. The average Bonchev–Trinajstić information content (AvgIpc) is 2.80. The highest BCUT2D eigenvalue weighted by atomic mass is 32.2. The van der Waals surface area contributed by atoms with Gasteiger partial charge < -0.3 is 8.60 Å². The van der Waals surface area contributed by atoms with Gasteiger partial charge in [-0.05, 0) is 18.2 Å². The van der Waals surface area contributed by atoms with Crippen molar-refractivity contribution >= 4 is 10.1 Å². The minimum absolute atomic E-state index is 0.101. The molecule has 18 heavy (non-hydrogen) atoms. The topological polar surface area (TPSA) is 93.2 Å².